The highest BCUT2D eigenvalue weighted by Crippen LogP contribution is 2.37. The van der Waals surface area contributed by atoms with Crippen LogP contribution in [0.3, 0.4) is 0 Å². The highest BCUT2D eigenvalue weighted by atomic mass is 16.3. The van der Waals surface area contributed by atoms with Gasteiger partial charge in [0.05, 0.1) is 0 Å². The molecule has 1 aliphatic carbocycles. The first-order chi connectivity index (χ1) is 8.13. The number of hydrogen-bond donors (Lipinski definition) is 2. The molecule has 1 fully saturated rings. The van der Waals surface area contributed by atoms with E-state index in [1.165, 1.54) is 6.42 Å². The Labute approximate surface area is 104 Å². The van der Waals surface area contributed by atoms with Crippen LogP contribution >= 0.6 is 0 Å². The van der Waals surface area contributed by atoms with Gasteiger partial charge in [0, 0.05) is 12.1 Å². The Kier molecular flexibility index (Phi) is 3.85. The van der Waals surface area contributed by atoms with Crippen LogP contribution in [-0.4, -0.2) is 17.2 Å². The number of rotatable bonds is 3. The third-order valence-electron chi connectivity index (χ3n) is 3.69. The van der Waals surface area contributed by atoms with Crippen LogP contribution in [0.5, 0.6) is 0 Å². The first-order valence-electron chi connectivity index (χ1n) is 6.67. The molecule has 17 heavy (non-hydrogen) atoms. The first kappa shape index (κ1) is 12.6. The molecule has 1 aromatic rings. The van der Waals surface area contributed by atoms with Crippen molar-refractivity contribution in [3.63, 3.8) is 0 Å². The van der Waals surface area contributed by atoms with Gasteiger partial charge in [-0.05, 0) is 18.4 Å². The summed E-state index contributed by atoms with van der Waals surface area (Å²) in [5.41, 5.74) is 0.363. The van der Waals surface area contributed by atoms with Crippen molar-refractivity contribution in [2.24, 2.45) is 0 Å². The van der Waals surface area contributed by atoms with Crippen molar-refractivity contribution < 1.29 is 5.11 Å². The molecule has 1 aromatic carbocycles. The molecule has 0 aromatic heterocycles. The molecule has 0 bridgehead atoms. The predicted molar refractivity (Wildman–Crippen MR) is 70.9 cm³/mol. The van der Waals surface area contributed by atoms with Gasteiger partial charge in [0.25, 0.3) is 0 Å². The van der Waals surface area contributed by atoms with Crippen molar-refractivity contribution in [2.75, 3.05) is 0 Å². The SMILES string of the molecule is CC(C)N[C@@H]1CCCC[C@]1(O)c1ccccc1. The van der Waals surface area contributed by atoms with E-state index in [1.807, 2.05) is 30.3 Å². The van der Waals surface area contributed by atoms with Crippen LogP contribution in [0.15, 0.2) is 30.3 Å². The average Bonchev–Trinajstić information content (AvgIpc) is 2.33. The second kappa shape index (κ2) is 5.19. The van der Waals surface area contributed by atoms with Crippen LogP contribution in [0.2, 0.25) is 0 Å². The second-order valence-corrected chi connectivity index (χ2v) is 5.41. The quantitative estimate of drug-likeness (QED) is 0.841. The maximum absolute atomic E-state index is 11.0. The number of nitrogens with one attached hydrogen (secondary N) is 1. The number of hydrogen-bond acceptors (Lipinski definition) is 2. The molecular formula is C15H23NO. The van der Waals surface area contributed by atoms with Gasteiger partial charge in [0.1, 0.15) is 5.60 Å². The number of aliphatic hydroxyl groups is 1. The van der Waals surface area contributed by atoms with Gasteiger partial charge in [-0.2, -0.15) is 0 Å². The minimum Gasteiger partial charge on any atom is -0.384 e. The molecule has 0 unspecified atom stereocenters. The van der Waals surface area contributed by atoms with E-state index in [9.17, 15) is 5.11 Å². The Balaban J connectivity index is 2.25. The van der Waals surface area contributed by atoms with Crippen LogP contribution in [0.4, 0.5) is 0 Å². The van der Waals surface area contributed by atoms with Gasteiger partial charge in [-0.25, -0.2) is 0 Å². The molecule has 0 heterocycles. The Morgan fingerprint density at radius 3 is 2.59 bits per heavy atom. The minimum atomic E-state index is -0.691. The summed E-state index contributed by atoms with van der Waals surface area (Å²) in [4.78, 5) is 0. The van der Waals surface area contributed by atoms with Crippen molar-refractivity contribution >= 4 is 0 Å². The van der Waals surface area contributed by atoms with Gasteiger partial charge in [0.15, 0.2) is 0 Å². The van der Waals surface area contributed by atoms with E-state index < -0.39 is 5.60 Å². The van der Waals surface area contributed by atoms with E-state index in [4.69, 9.17) is 0 Å². The van der Waals surface area contributed by atoms with Crippen molar-refractivity contribution in [1.29, 1.82) is 0 Å². The molecule has 0 radical (unpaired) electrons. The lowest BCUT2D eigenvalue weighted by molar-refractivity contribution is -0.0348. The number of benzene rings is 1. The lowest BCUT2D eigenvalue weighted by Crippen LogP contribution is -2.52. The zero-order chi connectivity index (χ0) is 12.3. The predicted octanol–water partition coefficient (Wildman–Crippen LogP) is 2.81. The molecule has 2 atom stereocenters. The topological polar surface area (TPSA) is 32.3 Å². The largest absolute Gasteiger partial charge is 0.384 e. The zero-order valence-electron chi connectivity index (χ0n) is 10.8. The Hall–Kier alpha value is -0.860. The van der Waals surface area contributed by atoms with E-state index in [2.05, 4.69) is 19.2 Å². The Morgan fingerprint density at radius 2 is 1.94 bits per heavy atom. The summed E-state index contributed by atoms with van der Waals surface area (Å²) in [6.07, 6.45) is 4.24. The summed E-state index contributed by atoms with van der Waals surface area (Å²) in [5.74, 6) is 0. The van der Waals surface area contributed by atoms with E-state index in [-0.39, 0.29) is 6.04 Å². The molecule has 2 nitrogen and oxygen atoms in total. The highest BCUT2D eigenvalue weighted by molar-refractivity contribution is 5.25. The van der Waals surface area contributed by atoms with Crippen molar-refractivity contribution in [2.45, 2.75) is 57.2 Å². The molecule has 0 spiro atoms. The molecule has 1 saturated carbocycles. The molecule has 0 amide bonds. The van der Waals surface area contributed by atoms with Crippen LogP contribution < -0.4 is 5.32 Å². The minimum absolute atomic E-state index is 0.179. The summed E-state index contributed by atoms with van der Waals surface area (Å²) in [7, 11) is 0. The van der Waals surface area contributed by atoms with Gasteiger partial charge >= 0.3 is 0 Å². The summed E-state index contributed by atoms with van der Waals surface area (Å²) >= 11 is 0. The standard InChI is InChI=1S/C15H23NO/c1-12(2)16-14-10-6-7-11-15(14,17)13-8-4-3-5-9-13/h3-5,8-9,12,14,16-17H,6-7,10-11H2,1-2H3/t14-,15+/m1/s1. The normalized spacial score (nSPS) is 29.5. The second-order valence-electron chi connectivity index (χ2n) is 5.41. The van der Waals surface area contributed by atoms with Crippen molar-refractivity contribution in [3.8, 4) is 0 Å². The van der Waals surface area contributed by atoms with Gasteiger partial charge in [0.2, 0.25) is 0 Å². The molecule has 1 aliphatic rings. The van der Waals surface area contributed by atoms with Crippen LogP contribution in [0.1, 0.15) is 45.1 Å². The average molecular weight is 233 g/mol. The van der Waals surface area contributed by atoms with E-state index in [0.29, 0.717) is 6.04 Å². The first-order valence-corrected chi connectivity index (χ1v) is 6.67. The molecule has 2 N–H and O–H groups in total. The summed E-state index contributed by atoms with van der Waals surface area (Å²) in [5, 5.41) is 14.5. The highest BCUT2D eigenvalue weighted by Gasteiger charge is 2.40. The lowest BCUT2D eigenvalue weighted by Gasteiger charge is -2.42. The van der Waals surface area contributed by atoms with Gasteiger partial charge in [-0.3, -0.25) is 0 Å². The third-order valence-corrected chi connectivity index (χ3v) is 3.69. The smallest absolute Gasteiger partial charge is 0.105 e. The summed E-state index contributed by atoms with van der Waals surface area (Å²) in [6, 6.07) is 10.7. The van der Waals surface area contributed by atoms with Crippen LogP contribution in [0.25, 0.3) is 0 Å². The molecule has 94 valence electrons. The lowest BCUT2D eigenvalue weighted by atomic mass is 9.75. The maximum atomic E-state index is 11.0. The molecule has 2 heteroatoms. The van der Waals surface area contributed by atoms with E-state index in [1.54, 1.807) is 0 Å². The molecule has 0 saturated heterocycles. The van der Waals surface area contributed by atoms with E-state index in [0.717, 1.165) is 24.8 Å². The summed E-state index contributed by atoms with van der Waals surface area (Å²) in [6.45, 7) is 4.28. The molecule has 2 rings (SSSR count). The maximum Gasteiger partial charge on any atom is 0.105 e. The fourth-order valence-corrected chi connectivity index (χ4v) is 2.85. The van der Waals surface area contributed by atoms with Gasteiger partial charge < -0.3 is 10.4 Å². The monoisotopic (exact) mass is 233 g/mol. The molecule has 0 aliphatic heterocycles. The van der Waals surface area contributed by atoms with Crippen molar-refractivity contribution in [1.82, 2.24) is 5.32 Å². The van der Waals surface area contributed by atoms with Gasteiger partial charge in [-0.1, -0.05) is 57.0 Å². The van der Waals surface area contributed by atoms with Crippen LogP contribution in [-0.2, 0) is 5.60 Å². The Morgan fingerprint density at radius 1 is 1.24 bits per heavy atom. The van der Waals surface area contributed by atoms with Crippen molar-refractivity contribution in [3.05, 3.63) is 35.9 Å². The molecular weight excluding hydrogens is 210 g/mol. The van der Waals surface area contributed by atoms with E-state index >= 15 is 0 Å². The fraction of sp³-hybridized carbons (Fsp3) is 0.600. The summed E-state index contributed by atoms with van der Waals surface area (Å²) < 4.78 is 0. The third kappa shape index (κ3) is 2.70. The zero-order valence-corrected chi connectivity index (χ0v) is 10.8. The van der Waals surface area contributed by atoms with Gasteiger partial charge in [-0.15, -0.1) is 0 Å². The fourth-order valence-electron chi connectivity index (χ4n) is 2.85. The van der Waals surface area contributed by atoms with Crippen LogP contribution in [0, 0.1) is 0 Å². The Bertz CT molecular complexity index is 349.